The summed E-state index contributed by atoms with van der Waals surface area (Å²) in [5.74, 6) is -3.55. The predicted octanol–water partition coefficient (Wildman–Crippen LogP) is 5.94. The molecule has 2 N–H and O–H groups in total. The quantitative estimate of drug-likeness (QED) is 0.299. The first-order valence-electron chi connectivity index (χ1n) is 12.3. The fourth-order valence-electron chi connectivity index (χ4n) is 5.18. The maximum absolute atomic E-state index is 13.9. The molecule has 0 amide bonds. The first kappa shape index (κ1) is 27.0. The first-order valence-corrected chi connectivity index (χ1v) is 12.3. The zero-order valence-corrected chi connectivity index (χ0v) is 21.1. The molecule has 5 rings (SSSR count). The van der Waals surface area contributed by atoms with Crippen molar-refractivity contribution in [2.75, 3.05) is 0 Å². The highest BCUT2D eigenvalue weighted by Crippen LogP contribution is 2.50. The number of hydrogen-bond acceptors (Lipinski definition) is 4. The van der Waals surface area contributed by atoms with Crippen LogP contribution in [0, 0.1) is 23.3 Å². The number of halogens is 4. The van der Waals surface area contributed by atoms with Crippen LogP contribution in [0.4, 0.5) is 17.6 Å². The van der Waals surface area contributed by atoms with E-state index < -0.39 is 52.5 Å². The van der Waals surface area contributed by atoms with Gasteiger partial charge in [-0.25, -0.2) is 17.6 Å². The van der Waals surface area contributed by atoms with Crippen molar-refractivity contribution in [1.82, 2.24) is 0 Å². The third kappa shape index (κ3) is 4.85. The third-order valence-corrected chi connectivity index (χ3v) is 7.06. The Morgan fingerprint density at radius 3 is 0.897 bits per heavy atom. The van der Waals surface area contributed by atoms with Crippen molar-refractivity contribution in [3.63, 3.8) is 0 Å². The second kappa shape index (κ2) is 9.88. The van der Waals surface area contributed by atoms with Gasteiger partial charge in [0, 0.05) is 0 Å². The Balaban J connectivity index is 1.77. The first-order chi connectivity index (χ1) is 18.4. The average Bonchev–Trinajstić information content (AvgIpc) is 3.25. The van der Waals surface area contributed by atoms with Crippen LogP contribution in [-0.2, 0) is 20.7 Å². The fourth-order valence-corrected chi connectivity index (χ4v) is 5.18. The smallest absolute Gasteiger partial charge is 0.164 e. The molecule has 0 spiro atoms. The lowest BCUT2D eigenvalue weighted by atomic mass is 9.72. The summed E-state index contributed by atoms with van der Waals surface area (Å²) in [6, 6.07) is 20.2. The van der Waals surface area contributed by atoms with Gasteiger partial charge in [-0.1, -0.05) is 48.5 Å². The molecule has 4 aromatic carbocycles. The second-order valence-electron chi connectivity index (χ2n) is 10.0. The normalized spacial score (nSPS) is 19.3. The minimum Gasteiger partial charge on any atom is -0.378 e. The van der Waals surface area contributed by atoms with Crippen LogP contribution in [0.15, 0.2) is 97.1 Å². The fraction of sp³-hybridized carbons (Fsp3) is 0.226. The number of ether oxygens (including phenoxy) is 2. The Morgan fingerprint density at radius 2 is 0.692 bits per heavy atom. The summed E-state index contributed by atoms with van der Waals surface area (Å²) in [5, 5.41) is 25.0. The molecule has 0 bridgehead atoms. The lowest BCUT2D eigenvalue weighted by Gasteiger charge is -2.42. The van der Waals surface area contributed by atoms with Crippen LogP contribution in [0.2, 0.25) is 0 Å². The Morgan fingerprint density at radius 1 is 0.487 bits per heavy atom. The second-order valence-corrected chi connectivity index (χ2v) is 10.0. The van der Waals surface area contributed by atoms with Crippen molar-refractivity contribution in [2.45, 2.75) is 43.0 Å². The van der Waals surface area contributed by atoms with Crippen molar-refractivity contribution in [3.8, 4) is 0 Å². The summed E-state index contributed by atoms with van der Waals surface area (Å²) in [5.41, 5.74) is -3.46. The van der Waals surface area contributed by atoms with Gasteiger partial charge in [-0.3, -0.25) is 0 Å². The van der Waals surface area contributed by atoms with Crippen molar-refractivity contribution in [3.05, 3.63) is 143 Å². The monoisotopic (exact) mass is 538 g/mol. The molecule has 0 aliphatic carbocycles. The van der Waals surface area contributed by atoms with Crippen molar-refractivity contribution >= 4 is 0 Å². The van der Waals surface area contributed by atoms with Gasteiger partial charge in [-0.05, 0) is 84.6 Å². The molecule has 1 saturated heterocycles. The molecular weight excluding hydrogens is 512 g/mol. The van der Waals surface area contributed by atoms with Gasteiger partial charge < -0.3 is 19.7 Å². The molecule has 0 saturated carbocycles. The lowest BCUT2D eigenvalue weighted by molar-refractivity contribution is -0.172. The van der Waals surface area contributed by atoms with E-state index in [1.54, 1.807) is 13.8 Å². The van der Waals surface area contributed by atoms with Gasteiger partial charge in [0.1, 0.15) is 46.7 Å². The van der Waals surface area contributed by atoms with Crippen LogP contribution in [0.1, 0.15) is 36.1 Å². The van der Waals surface area contributed by atoms with E-state index in [4.69, 9.17) is 9.47 Å². The van der Waals surface area contributed by atoms with Crippen LogP contribution < -0.4 is 0 Å². The minimum absolute atomic E-state index is 0.187. The highest BCUT2D eigenvalue weighted by molar-refractivity contribution is 5.43. The summed E-state index contributed by atoms with van der Waals surface area (Å²) < 4.78 is 68.2. The van der Waals surface area contributed by atoms with Crippen LogP contribution >= 0.6 is 0 Å². The standard InChI is InChI=1S/C31H26F4O4/c1-29(2)38-27(30(36,19-3-11-23(32)12-4-19)20-5-13-24(33)14-6-20)28(39-29)31(37,21-7-15-25(34)16-8-21)22-9-17-26(35)18-10-22/h3-18,27-28,36-37H,1-2H3. The number of rotatable bonds is 6. The van der Waals surface area contributed by atoms with Crippen LogP contribution in [-0.4, -0.2) is 28.2 Å². The average molecular weight is 539 g/mol. The maximum Gasteiger partial charge on any atom is 0.164 e. The van der Waals surface area contributed by atoms with Crippen molar-refractivity contribution in [2.24, 2.45) is 0 Å². The molecule has 0 aromatic heterocycles. The Bertz CT molecular complexity index is 1230. The van der Waals surface area contributed by atoms with E-state index >= 15 is 0 Å². The SMILES string of the molecule is CC1(C)OC(C(O)(c2ccc(F)cc2)c2ccc(F)cc2)C(C(O)(c2ccc(F)cc2)c2ccc(F)cc2)O1. The lowest BCUT2D eigenvalue weighted by Crippen LogP contribution is -2.55. The molecule has 0 radical (unpaired) electrons. The number of benzene rings is 4. The summed E-state index contributed by atoms with van der Waals surface area (Å²) in [4.78, 5) is 0. The number of hydrogen-bond donors (Lipinski definition) is 2. The van der Waals surface area contributed by atoms with E-state index in [0.29, 0.717) is 0 Å². The van der Waals surface area contributed by atoms with Crippen molar-refractivity contribution < 1.29 is 37.2 Å². The van der Waals surface area contributed by atoms with E-state index in [2.05, 4.69) is 0 Å². The summed E-state index contributed by atoms with van der Waals surface area (Å²) >= 11 is 0. The van der Waals surface area contributed by atoms with E-state index in [-0.39, 0.29) is 22.3 Å². The molecule has 1 heterocycles. The molecular formula is C31H26F4O4. The largest absolute Gasteiger partial charge is 0.378 e. The molecule has 202 valence electrons. The zero-order valence-electron chi connectivity index (χ0n) is 21.1. The summed E-state index contributed by atoms with van der Waals surface area (Å²) in [6.07, 6.45) is -2.77. The molecule has 8 heteroatoms. The zero-order chi connectivity index (χ0) is 28.0. The van der Waals surface area contributed by atoms with Gasteiger partial charge in [-0.15, -0.1) is 0 Å². The summed E-state index contributed by atoms with van der Waals surface area (Å²) in [7, 11) is 0. The highest BCUT2D eigenvalue weighted by atomic mass is 19.1. The van der Waals surface area contributed by atoms with E-state index in [1.165, 1.54) is 48.5 Å². The van der Waals surface area contributed by atoms with Gasteiger partial charge in [-0.2, -0.15) is 0 Å². The topological polar surface area (TPSA) is 58.9 Å². The maximum atomic E-state index is 13.9. The molecule has 1 aliphatic rings. The highest BCUT2D eigenvalue weighted by Gasteiger charge is 2.61. The van der Waals surface area contributed by atoms with E-state index in [1.807, 2.05) is 0 Å². The minimum atomic E-state index is -2.10. The van der Waals surface area contributed by atoms with Crippen molar-refractivity contribution in [1.29, 1.82) is 0 Å². The molecule has 39 heavy (non-hydrogen) atoms. The van der Waals surface area contributed by atoms with Gasteiger partial charge in [0.15, 0.2) is 5.79 Å². The Hall–Kier alpha value is -3.56. The van der Waals surface area contributed by atoms with Gasteiger partial charge >= 0.3 is 0 Å². The molecule has 1 fully saturated rings. The van der Waals surface area contributed by atoms with E-state index in [0.717, 1.165) is 48.5 Å². The van der Waals surface area contributed by atoms with Crippen LogP contribution in [0.25, 0.3) is 0 Å². The van der Waals surface area contributed by atoms with Gasteiger partial charge in [0.2, 0.25) is 0 Å². The van der Waals surface area contributed by atoms with Crippen LogP contribution in [0.3, 0.4) is 0 Å². The third-order valence-electron chi connectivity index (χ3n) is 7.06. The van der Waals surface area contributed by atoms with Gasteiger partial charge in [0.05, 0.1) is 0 Å². The Labute approximate surface area is 223 Å². The molecule has 1 aliphatic heterocycles. The number of aliphatic hydroxyl groups is 2. The van der Waals surface area contributed by atoms with Crippen LogP contribution in [0.5, 0.6) is 0 Å². The molecule has 2 unspecified atom stereocenters. The summed E-state index contributed by atoms with van der Waals surface area (Å²) in [6.45, 7) is 3.18. The Kier molecular flexibility index (Phi) is 6.84. The van der Waals surface area contributed by atoms with Gasteiger partial charge in [0.25, 0.3) is 0 Å². The predicted molar refractivity (Wildman–Crippen MR) is 135 cm³/mol. The molecule has 4 aromatic rings. The van der Waals surface area contributed by atoms with E-state index in [9.17, 15) is 27.8 Å². The molecule has 4 nitrogen and oxygen atoms in total. The molecule has 2 atom stereocenters.